The number of hydrogen-bond donors (Lipinski definition) is 1. The van der Waals surface area contributed by atoms with E-state index in [-0.39, 0.29) is 11.4 Å². The SMILES string of the molecule is O=C(O)c1nc2cc(=O)nc-2c1=O. The number of rotatable bonds is 1. The predicted molar refractivity (Wildman–Crippen MR) is 40.5 cm³/mol. The highest BCUT2D eigenvalue weighted by Gasteiger charge is 2.23. The second-order valence-corrected chi connectivity index (χ2v) is 2.42. The standard InChI is InChI=1S/C7H2N2O4/c10-3-1-2-4(9-3)6(11)5(8-2)7(12)13/h1H,(H,12,13). The Bertz CT molecular complexity index is 538. The summed E-state index contributed by atoms with van der Waals surface area (Å²) in [6.45, 7) is 0. The lowest BCUT2D eigenvalue weighted by Crippen LogP contribution is -2.12. The van der Waals surface area contributed by atoms with Gasteiger partial charge in [-0.15, -0.1) is 0 Å². The van der Waals surface area contributed by atoms with Crippen LogP contribution < -0.4 is 11.0 Å². The largest absolute Gasteiger partial charge is 0.476 e. The summed E-state index contributed by atoms with van der Waals surface area (Å²) < 4.78 is 0. The second kappa shape index (κ2) is 2.19. The van der Waals surface area contributed by atoms with Gasteiger partial charge in [0.1, 0.15) is 5.69 Å². The minimum Gasteiger partial charge on any atom is -0.476 e. The molecule has 0 fully saturated rings. The predicted octanol–water partition coefficient (Wildman–Crippen LogP) is -1.12. The fourth-order valence-corrected chi connectivity index (χ4v) is 1.07. The van der Waals surface area contributed by atoms with Crippen molar-refractivity contribution in [1.29, 1.82) is 0 Å². The van der Waals surface area contributed by atoms with Crippen LogP contribution in [0.2, 0.25) is 0 Å². The van der Waals surface area contributed by atoms with Crippen LogP contribution in [0.25, 0.3) is 11.4 Å². The molecule has 0 aromatic carbocycles. The van der Waals surface area contributed by atoms with Gasteiger partial charge in [0.15, 0.2) is 5.69 Å². The van der Waals surface area contributed by atoms with E-state index in [2.05, 4.69) is 9.97 Å². The summed E-state index contributed by atoms with van der Waals surface area (Å²) in [6.07, 6.45) is 0. The quantitative estimate of drug-likeness (QED) is 0.593. The van der Waals surface area contributed by atoms with Crippen molar-refractivity contribution in [1.82, 2.24) is 9.97 Å². The van der Waals surface area contributed by atoms with Gasteiger partial charge in [0.05, 0.1) is 5.69 Å². The van der Waals surface area contributed by atoms with E-state index in [1.165, 1.54) is 0 Å². The summed E-state index contributed by atoms with van der Waals surface area (Å²) in [6, 6.07) is 1.03. The van der Waals surface area contributed by atoms with Gasteiger partial charge in [-0.25, -0.2) is 14.8 Å². The van der Waals surface area contributed by atoms with Gasteiger partial charge in [0, 0.05) is 6.07 Å². The monoisotopic (exact) mass is 178 g/mol. The van der Waals surface area contributed by atoms with Crippen molar-refractivity contribution in [2.45, 2.75) is 0 Å². The number of aromatic nitrogens is 2. The molecule has 0 aliphatic carbocycles. The molecule has 2 heterocycles. The Balaban J connectivity index is 2.84. The Hall–Kier alpha value is -2.11. The third-order valence-electron chi connectivity index (χ3n) is 1.59. The zero-order valence-corrected chi connectivity index (χ0v) is 6.14. The third kappa shape index (κ3) is 0.919. The Labute approximate surface area is 70.5 Å². The highest BCUT2D eigenvalue weighted by atomic mass is 16.4. The first-order chi connectivity index (χ1) is 6.09. The maximum absolute atomic E-state index is 11.1. The molecule has 0 spiro atoms. The topological polar surface area (TPSA) is 97.2 Å². The molecule has 0 aromatic heterocycles. The summed E-state index contributed by atoms with van der Waals surface area (Å²) in [5.41, 5.74) is -2.08. The lowest BCUT2D eigenvalue weighted by Gasteiger charge is -1.78. The van der Waals surface area contributed by atoms with E-state index in [4.69, 9.17) is 5.11 Å². The molecule has 0 radical (unpaired) electrons. The first kappa shape index (κ1) is 7.53. The molecule has 0 saturated carbocycles. The molecule has 0 aromatic rings. The molecule has 0 amide bonds. The van der Waals surface area contributed by atoms with Crippen molar-refractivity contribution in [3.8, 4) is 11.4 Å². The van der Waals surface area contributed by atoms with Gasteiger partial charge >= 0.3 is 5.97 Å². The molecule has 0 atom stereocenters. The first-order valence-corrected chi connectivity index (χ1v) is 3.31. The van der Waals surface area contributed by atoms with Crippen LogP contribution in [0, 0.1) is 0 Å². The Kier molecular flexibility index (Phi) is 1.27. The molecule has 64 valence electrons. The number of aromatic carboxylic acids is 1. The fraction of sp³-hybridized carbons (Fsp3) is 0. The number of carboxylic acids is 1. The molecule has 1 N–H and O–H groups in total. The van der Waals surface area contributed by atoms with Crippen molar-refractivity contribution in [2.75, 3.05) is 0 Å². The van der Waals surface area contributed by atoms with Crippen molar-refractivity contribution < 1.29 is 9.90 Å². The van der Waals surface area contributed by atoms with Crippen LogP contribution in [0.15, 0.2) is 15.7 Å². The van der Waals surface area contributed by atoms with Gasteiger partial charge in [0.25, 0.3) is 5.56 Å². The average Bonchev–Trinajstić information content (AvgIpc) is 2.51. The van der Waals surface area contributed by atoms with E-state index in [0.717, 1.165) is 6.07 Å². The molecule has 2 rings (SSSR count). The molecular weight excluding hydrogens is 176 g/mol. The zero-order valence-electron chi connectivity index (χ0n) is 6.14. The number of fused-ring (bicyclic) bond motifs is 1. The summed E-state index contributed by atoms with van der Waals surface area (Å²) in [4.78, 5) is 39.0. The average molecular weight is 178 g/mol. The maximum Gasteiger partial charge on any atom is 0.358 e. The van der Waals surface area contributed by atoms with E-state index in [1.807, 2.05) is 0 Å². The molecule has 6 heteroatoms. The van der Waals surface area contributed by atoms with E-state index < -0.39 is 22.7 Å². The van der Waals surface area contributed by atoms with Crippen molar-refractivity contribution >= 4 is 5.97 Å². The van der Waals surface area contributed by atoms with Gasteiger partial charge in [-0.2, -0.15) is 0 Å². The van der Waals surface area contributed by atoms with Crippen LogP contribution >= 0.6 is 0 Å². The van der Waals surface area contributed by atoms with Gasteiger partial charge < -0.3 is 5.11 Å². The van der Waals surface area contributed by atoms with Crippen LogP contribution in [0.4, 0.5) is 0 Å². The summed E-state index contributed by atoms with van der Waals surface area (Å²) >= 11 is 0. The number of carboxylic acid groups (broad SMARTS) is 1. The normalized spacial score (nSPS) is 10.8. The van der Waals surface area contributed by atoms with Crippen molar-refractivity contribution in [3.63, 3.8) is 0 Å². The molecule has 0 bridgehead atoms. The van der Waals surface area contributed by atoms with E-state index >= 15 is 0 Å². The van der Waals surface area contributed by atoms with E-state index in [1.54, 1.807) is 0 Å². The maximum atomic E-state index is 11.1. The fourth-order valence-electron chi connectivity index (χ4n) is 1.07. The third-order valence-corrected chi connectivity index (χ3v) is 1.59. The molecule has 2 aliphatic rings. The van der Waals surface area contributed by atoms with Crippen LogP contribution in [0.1, 0.15) is 10.5 Å². The number of nitrogens with zero attached hydrogens (tertiary/aromatic N) is 2. The minimum atomic E-state index is -1.41. The molecule has 2 aliphatic heterocycles. The second-order valence-electron chi connectivity index (χ2n) is 2.42. The van der Waals surface area contributed by atoms with Crippen LogP contribution in [-0.2, 0) is 0 Å². The molecular formula is C7H2N2O4. The van der Waals surface area contributed by atoms with E-state index in [0.29, 0.717) is 0 Å². The smallest absolute Gasteiger partial charge is 0.358 e. The lowest BCUT2D eigenvalue weighted by molar-refractivity contribution is 0.0690. The lowest BCUT2D eigenvalue weighted by atomic mass is 10.3. The van der Waals surface area contributed by atoms with Crippen LogP contribution in [0.5, 0.6) is 0 Å². The van der Waals surface area contributed by atoms with Gasteiger partial charge in [-0.1, -0.05) is 0 Å². The Morgan fingerprint density at radius 2 is 2.00 bits per heavy atom. The summed E-state index contributed by atoms with van der Waals surface area (Å²) in [5, 5.41) is 8.49. The van der Waals surface area contributed by atoms with Gasteiger partial charge in [-0.3, -0.25) is 9.59 Å². The van der Waals surface area contributed by atoms with Gasteiger partial charge in [-0.05, 0) is 0 Å². The molecule has 13 heavy (non-hydrogen) atoms. The molecule has 0 unspecified atom stereocenters. The Morgan fingerprint density at radius 3 is 2.54 bits per heavy atom. The molecule has 6 nitrogen and oxygen atoms in total. The summed E-state index contributed by atoms with van der Waals surface area (Å²) in [7, 11) is 0. The van der Waals surface area contributed by atoms with Gasteiger partial charge in [0.2, 0.25) is 5.43 Å². The van der Waals surface area contributed by atoms with E-state index in [9.17, 15) is 14.4 Å². The first-order valence-electron chi connectivity index (χ1n) is 3.31. The molecule has 0 saturated heterocycles. The van der Waals surface area contributed by atoms with Crippen LogP contribution in [-0.4, -0.2) is 21.0 Å². The minimum absolute atomic E-state index is 0.0485. The number of carbonyl (C=O) groups is 1. The van der Waals surface area contributed by atoms with Crippen molar-refractivity contribution in [3.05, 3.63) is 32.3 Å². The Morgan fingerprint density at radius 1 is 1.31 bits per heavy atom. The van der Waals surface area contributed by atoms with Crippen molar-refractivity contribution in [2.24, 2.45) is 0 Å². The summed E-state index contributed by atoms with van der Waals surface area (Å²) in [5.74, 6) is -1.41. The zero-order chi connectivity index (χ0) is 9.59. The highest BCUT2D eigenvalue weighted by molar-refractivity contribution is 5.88. The van der Waals surface area contributed by atoms with Crippen LogP contribution in [0.3, 0.4) is 0 Å². The number of hydrogen-bond acceptors (Lipinski definition) is 5. The highest BCUT2D eigenvalue weighted by Crippen LogP contribution is 2.11.